The topological polar surface area (TPSA) is 81.4 Å². The lowest BCUT2D eigenvalue weighted by molar-refractivity contribution is 0.0601. The van der Waals surface area contributed by atoms with Crippen molar-refractivity contribution in [1.82, 2.24) is 5.32 Å². The summed E-state index contributed by atoms with van der Waals surface area (Å²) >= 11 is 0. The van der Waals surface area contributed by atoms with Crippen molar-refractivity contribution < 1.29 is 14.3 Å². The lowest BCUT2D eigenvalue weighted by Gasteiger charge is -2.17. The molecule has 0 unspecified atom stereocenters. The summed E-state index contributed by atoms with van der Waals surface area (Å²) in [6, 6.07) is 23.6. The van der Waals surface area contributed by atoms with Crippen molar-refractivity contribution in [3.8, 4) is 11.1 Å². The standard InChI is InChI=1S/C23H22N2O3.ClH/c1-28-23(27)20-13-6-5-12-19(20)17-10-7-11-18(14-17)22(26)25-21(15-24)16-8-3-2-4-9-16;/h2-14,21H,15,24H2,1H3,(H,25,26);1H/t21-;/m0./s1. The molecular weight excluding hydrogens is 388 g/mol. The molecule has 3 aromatic carbocycles. The van der Waals surface area contributed by atoms with Crippen LogP contribution >= 0.6 is 12.4 Å². The predicted octanol–water partition coefficient (Wildman–Crippen LogP) is 3.99. The van der Waals surface area contributed by atoms with Crippen LogP contribution in [0, 0.1) is 0 Å². The number of ether oxygens (including phenoxy) is 1. The van der Waals surface area contributed by atoms with Crippen LogP contribution in [0.1, 0.15) is 32.3 Å². The highest BCUT2D eigenvalue weighted by atomic mass is 35.5. The number of esters is 1. The first-order valence-corrected chi connectivity index (χ1v) is 8.97. The minimum atomic E-state index is -0.419. The monoisotopic (exact) mass is 410 g/mol. The third-order valence-corrected chi connectivity index (χ3v) is 4.51. The molecule has 0 radical (unpaired) electrons. The van der Waals surface area contributed by atoms with Gasteiger partial charge in [-0.25, -0.2) is 4.79 Å². The zero-order chi connectivity index (χ0) is 19.9. The summed E-state index contributed by atoms with van der Waals surface area (Å²) in [5, 5.41) is 2.97. The Bertz CT molecular complexity index is 977. The van der Waals surface area contributed by atoms with Crippen molar-refractivity contribution in [2.24, 2.45) is 5.73 Å². The van der Waals surface area contributed by atoms with Gasteiger partial charge in [0.15, 0.2) is 0 Å². The van der Waals surface area contributed by atoms with E-state index in [0.29, 0.717) is 23.2 Å². The zero-order valence-electron chi connectivity index (χ0n) is 16.0. The van der Waals surface area contributed by atoms with Gasteiger partial charge in [-0.2, -0.15) is 0 Å². The van der Waals surface area contributed by atoms with Gasteiger partial charge in [-0.1, -0.05) is 60.7 Å². The first-order valence-electron chi connectivity index (χ1n) is 8.97. The van der Waals surface area contributed by atoms with Crippen LogP contribution in [-0.4, -0.2) is 25.5 Å². The Kier molecular flexibility index (Phi) is 7.95. The predicted molar refractivity (Wildman–Crippen MR) is 116 cm³/mol. The van der Waals surface area contributed by atoms with Crippen LogP contribution in [0.5, 0.6) is 0 Å². The number of carbonyl (C=O) groups is 2. The van der Waals surface area contributed by atoms with Gasteiger partial charge in [0.1, 0.15) is 0 Å². The maximum absolute atomic E-state index is 12.8. The molecule has 3 N–H and O–H groups in total. The average Bonchev–Trinajstić information content (AvgIpc) is 2.77. The number of amides is 1. The summed E-state index contributed by atoms with van der Waals surface area (Å²) < 4.78 is 4.86. The molecule has 0 fully saturated rings. The molecule has 0 aliphatic carbocycles. The summed E-state index contributed by atoms with van der Waals surface area (Å²) in [6.07, 6.45) is 0. The summed E-state index contributed by atoms with van der Waals surface area (Å²) in [6.45, 7) is 0.292. The third kappa shape index (κ3) is 5.22. The van der Waals surface area contributed by atoms with Gasteiger partial charge in [-0.3, -0.25) is 4.79 Å². The van der Waals surface area contributed by atoms with Crippen LogP contribution < -0.4 is 11.1 Å². The lowest BCUT2D eigenvalue weighted by atomic mass is 9.97. The van der Waals surface area contributed by atoms with Crippen molar-refractivity contribution in [3.05, 3.63) is 95.6 Å². The molecule has 0 saturated heterocycles. The van der Waals surface area contributed by atoms with Crippen molar-refractivity contribution in [1.29, 1.82) is 0 Å². The van der Waals surface area contributed by atoms with Gasteiger partial charge < -0.3 is 15.8 Å². The summed E-state index contributed by atoms with van der Waals surface area (Å²) in [7, 11) is 1.35. The van der Waals surface area contributed by atoms with E-state index in [1.54, 1.807) is 30.3 Å². The first-order chi connectivity index (χ1) is 13.6. The van der Waals surface area contributed by atoms with E-state index in [-0.39, 0.29) is 24.4 Å². The Morgan fingerprint density at radius 3 is 2.34 bits per heavy atom. The maximum atomic E-state index is 12.8. The fourth-order valence-corrected chi connectivity index (χ4v) is 3.06. The van der Waals surface area contributed by atoms with Crippen LogP contribution in [0.4, 0.5) is 0 Å². The summed E-state index contributed by atoms with van der Waals surface area (Å²) in [5.41, 5.74) is 9.22. The molecule has 0 aromatic heterocycles. The Labute approximate surface area is 176 Å². The minimum Gasteiger partial charge on any atom is -0.465 e. The molecule has 150 valence electrons. The number of halogens is 1. The van der Waals surface area contributed by atoms with Gasteiger partial charge in [-0.15, -0.1) is 12.4 Å². The highest BCUT2D eigenvalue weighted by Gasteiger charge is 2.16. The summed E-state index contributed by atoms with van der Waals surface area (Å²) in [4.78, 5) is 24.8. The number of hydrogen-bond acceptors (Lipinski definition) is 4. The van der Waals surface area contributed by atoms with Crippen LogP contribution in [0.3, 0.4) is 0 Å². The molecule has 0 saturated carbocycles. The van der Waals surface area contributed by atoms with Gasteiger partial charge in [0, 0.05) is 12.1 Å². The molecule has 0 aliphatic rings. The van der Waals surface area contributed by atoms with Gasteiger partial charge >= 0.3 is 5.97 Å². The Morgan fingerprint density at radius 2 is 1.66 bits per heavy atom. The van der Waals surface area contributed by atoms with E-state index in [2.05, 4.69) is 5.32 Å². The van der Waals surface area contributed by atoms with Crippen molar-refractivity contribution in [2.45, 2.75) is 6.04 Å². The fraction of sp³-hybridized carbons (Fsp3) is 0.130. The van der Waals surface area contributed by atoms with E-state index in [1.807, 2.05) is 48.5 Å². The molecule has 0 bridgehead atoms. The lowest BCUT2D eigenvalue weighted by Crippen LogP contribution is -2.33. The molecule has 29 heavy (non-hydrogen) atoms. The molecule has 6 heteroatoms. The SMILES string of the molecule is COC(=O)c1ccccc1-c1cccc(C(=O)N[C@@H](CN)c2ccccc2)c1.Cl. The minimum absolute atomic E-state index is 0. The molecule has 3 aromatic rings. The van der Waals surface area contributed by atoms with Crippen molar-refractivity contribution in [3.63, 3.8) is 0 Å². The molecule has 1 atom stereocenters. The fourth-order valence-electron chi connectivity index (χ4n) is 3.06. The molecule has 0 aliphatic heterocycles. The number of hydrogen-bond donors (Lipinski definition) is 2. The second-order valence-corrected chi connectivity index (χ2v) is 6.29. The highest BCUT2D eigenvalue weighted by Crippen LogP contribution is 2.25. The Hall–Kier alpha value is -3.15. The van der Waals surface area contributed by atoms with Gasteiger partial charge in [0.05, 0.1) is 18.7 Å². The molecular formula is C23H23ClN2O3. The number of carbonyl (C=O) groups excluding carboxylic acids is 2. The van der Waals surface area contributed by atoms with E-state index < -0.39 is 5.97 Å². The van der Waals surface area contributed by atoms with E-state index in [4.69, 9.17) is 10.5 Å². The number of nitrogens with two attached hydrogens (primary N) is 1. The van der Waals surface area contributed by atoms with Crippen molar-refractivity contribution >= 4 is 24.3 Å². The van der Waals surface area contributed by atoms with Crippen LogP contribution in [0.2, 0.25) is 0 Å². The zero-order valence-corrected chi connectivity index (χ0v) is 16.8. The van der Waals surface area contributed by atoms with Crippen LogP contribution in [-0.2, 0) is 4.74 Å². The van der Waals surface area contributed by atoms with E-state index in [9.17, 15) is 9.59 Å². The number of benzene rings is 3. The largest absolute Gasteiger partial charge is 0.465 e. The van der Waals surface area contributed by atoms with E-state index >= 15 is 0 Å². The number of nitrogens with one attached hydrogen (secondary N) is 1. The van der Waals surface area contributed by atoms with Gasteiger partial charge in [0.2, 0.25) is 0 Å². The molecule has 3 rings (SSSR count). The van der Waals surface area contributed by atoms with Gasteiger partial charge in [0.25, 0.3) is 5.91 Å². The van der Waals surface area contributed by atoms with E-state index in [1.165, 1.54) is 7.11 Å². The maximum Gasteiger partial charge on any atom is 0.338 e. The quantitative estimate of drug-likeness (QED) is 0.602. The number of rotatable bonds is 6. The second-order valence-electron chi connectivity index (χ2n) is 6.29. The highest BCUT2D eigenvalue weighted by molar-refractivity contribution is 5.99. The molecule has 5 nitrogen and oxygen atoms in total. The molecule has 0 spiro atoms. The molecule has 1 amide bonds. The van der Waals surface area contributed by atoms with Crippen molar-refractivity contribution in [2.75, 3.05) is 13.7 Å². The van der Waals surface area contributed by atoms with Crippen LogP contribution in [0.15, 0.2) is 78.9 Å². The molecule has 0 heterocycles. The van der Waals surface area contributed by atoms with E-state index in [0.717, 1.165) is 11.1 Å². The van der Waals surface area contributed by atoms with Gasteiger partial charge in [-0.05, 0) is 34.9 Å². The normalized spacial score (nSPS) is 11.1. The Balaban J connectivity index is 0.00000300. The first kappa shape index (κ1) is 22.1. The van der Waals surface area contributed by atoms with Crippen LogP contribution in [0.25, 0.3) is 11.1 Å². The smallest absolute Gasteiger partial charge is 0.338 e. The Morgan fingerprint density at radius 1 is 0.966 bits per heavy atom. The average molecular weight is 411 g/mol. The summed E-state index contributed by atoms with van der Waals surface area (Å²) in [5.74, 6) is -0.644. The third-order valence-electron chi connectivity index (χ3n) is 4.51. The second kappa shape index (κ2) is 10.4. The number of methoxy groups -OCH3 is 1.